The van der Waals surface area contributed by atoms with E-state index in [-0.39, 0.29) is 11.0 Å². The molecule has 1 aromatic rings. The van der Waals surface area contributed by atoms with Crippen molar-refractivity contribution in [2.45, 2.75) is 6.92 Å². The van der Waals surface area contributed by atoms with E-state index >= 15 is 0 Å². The van der Waals surface area contributed by atoms with Gasteiger partial charge in [0.2, 0.25) is 5.78 Å². The minimum atomic E-state index is -0.316. The summed E-state index contributed by atoms with van der Waals surface area (Å²) in [6, 6.07) is 1.56. The molecule has 0 radical (unpaired) electrons. The molecule has 0 unspecified atom stereocenters. The van der Waals surface area contributed by atoms with Crippen molar-refractivity contribution in [3.05, 3.63) is 27.2 Å². The van der Waals surface area contributed by atoms with Gasteiger partial charge in [-0.3, -0.25) is 4.79 Å². The minimum Gasteiger partial charge on any atom is -0.286 e. The number of halogens is 3. The molecule has 0 fully saturated rings. The van der Waals surface area contributed by atoms with Crippen LogP contribution in [0.1, 0.15) is 15.9 Å². The summed E-state index contributed by atoms with van der Waals surface area (Å²) < 4.78 is 0. The van der Waals surface area contributed by atoms with Crippen LogP contribution in [0.15, 0.2) is 11.1 Å². The van der Waals surface area contributed by atoms with Crippen LogP contribution in [0.4, 0.5) is 5.69 Å². The van der Waals surface area contributed by atoms with E-state index in [4.69, 9.17) is 34.8 Å². The van der Waals surface area contributed by atoms with Crippen LogP contribution in [0.5, 0.6) is 0 Å². The van der Waals surface area contributed by atoms with Crippen molar-refractivity contribution in [2.24, 2.45) is 4.99 Å². The largest absolute Gasteiger partial charge is 0.286 e. The Labute approximate surface area is 95.5 Å². The number of hydrogen-bond donors (Lipinski definition) is 0. The summed E-state index contributed by atoms with van der Waals surface area (Å²) in [7, 11) is 0. The van der Waals surface area contributed by atoms with Crippen LogP contribution in [0, 0.1) is 6.92 Å². The quantitative estimate of drug-likeness (QED) is 0.687. The maximum Gasteiger partial charge on any atom is 0.225 e. The van der Waals surface area contributed by atoms with Gasteiger partial charge in [0.1, 0.15) is 0 Å². The Hall–Kier alpha value is -0.570. The van der Waals surface area contributed by atoms with E-state index in [1.54, 1.807) is 13.0 Å². The fourth-order valence-electron chi connectivity index (χ4n) is 1.34. The lowest BCUT2D eigenvalue weighted by Gasteiger charge is -2.04. The Morgan fingerprint density at radius 2 is 1.86 bits per heavy atom. The molecule has 2 nitrogen and oxygen atoms in total. The number of Topliss-reactive ketones (excluding diaryl/α,β-unsaturated/α-hetero) is 1. The fourth-order valence-corrected chi connectivity index (χ4v) is 2.03. The first-order chi connectivity index (χ1) is 6.52. The molecule has 0 saturated heterocycles. The van der Waals surface area contributed by atoms with Crippen LogP contribution in [0.3, 0.4) is 0 Å². The molecule has 14 heavy (non-hydrogen) atoms. The third-order valence-electron chi connectivity index (χ3n) is 2.07. The van der Waals surface area contributed by atoms with Crippen LogP contribution in [0.2, 0.25) is 10.0 Å². The maximum absolute atomic E-state index is 11.5. The van der Waals surface area contributed by atoms with E-state index in [2.05, 4.69) is 4.99 Å². The molecule has 2 rings (SSSR count). The molecule has 0 amide bonds. The molecule has 1 aromatic carbocycles. The molecule has 0 aromatic heterocycles. The summed E-state index contributed by atoms with van der Waals surface area (Å²) in [5, 5.41) is 0.732. The van der Waals surface area contributed by atoms with E-state index in [0.29, 0.717) is 26.9 Å². The number of carbonyl (C=O) groups excluding carboxylic acids is 1. The van der Waals surface area contributed by atoms with Gasteiger partial charge in [-0.2, -0.15) is 0 Å². The number of hydrogen-bond acceptors (Lipinski definition) is 2. The molecular weight excluding hydrogens is 244 g/mol. The standard InChI is InChI=1S/C9H4Cl3NO/c1-3-4(10)2-5(11)7-6(3)8(14)9(12)13-7/h2H,1H3. The SMILES string of the molecule is Cc1c(Cl)cc(Cl)c2c1C(=O)C(Cl)=N2. The second-order valence-corrected chi connectivity index (χ2v) is 4.09. The van der Waals surface area contributed by atoms with Crippen molar-refractivity contribution >= 4 is 51.4 Å². The van der Waals surface area contributed by atoms with E-state index in [1.807, 2.05) is 0 Å². The van der Waals surface area contributed by atoms with Crippen molar-refractivity contribution < 1.29 is 4.79 Å². The highest BCUT2D eigenvalue weighted by Gasteiger charge is 2.28. The second kappa shape index (κ2) is 3.23. The number of ketones is 1. The van der Waals surface area contributed by atoms with Gasteiger partial charge < -0.3 is 0 Å². The molecule has 1 aliphatic rings. The smallest absolute Gasteiger partial charge is 0.225 e. The van der Waals surface area contributed by atoms with E-state index < -0.39 is 0 Å². The molecule has 0 N–H and O–H groups in total. The summed E-state index contributed by atoms with van der Waals surface area (Å²) >= 11 is 17.4. The van der Waals surface area contributed by atoms with Gasteiger partial charge in [-0.25, -0.2) is 4.99 Å². The Balaban J connectivity index is 2.81. The van der Waals surface area contributed by atoms with Crippen LogP contribution >= 0.6 is 34.8 Å². The molecule has 0 saturated carbocycles. The first-order valence-corrected chi connectivity index (χ1v) is 4.93. The second-order valence-electron chi connectivity index (χ2n) is 2.92. The average molecular weight is 248 g/mol. The van der Waals surface area contributed by atoms with Crippen molar-refractivity contribution in [3.8, 4) is 0 Å². The highest BCUT2D eigenvalue weighted by molar-refractivity contribution is 6.86. The van der Waals surface area contributed by atoms with Gasteiger partial charge in [0, 0.05) is 5.02 Å². The van der Waals surface area contributed by atoms with E-state index in [1.165, 1.54) is 0 Å². The van der Waals surface area contributed by atoms with Gasteiger partial charge in [0.25, 0.3) is 0 Å². The van der Waals surface area contributed by atoms with Gasteiger partial charge in [-0.15, -0.1) is 0 Å². The topological polar surface area (TPSA) is 29.4 Å². The molecule has 72 valence electrons. The van der Waals surface area contributed by atoms with E-state index in [0.717, 1.165) is 0 Å². The third-order valence-corrected chi connectivity index (χ3v) is 3.01. The lowest BCUT2D eigenvalue weighted by Crippen LogP contribution is -2.03. The van der Waals surface area contributed by atoms with Crippen LogP contribution < -0.4 is 0 Å². The predicted molar refractivity (Wildman–Crippen MR) is 58.5 cm³/mol. The van der Waals surface area contributed by atoms with Gasteiger partial charge in [-0.05, 0) is 18.6 Å². The van der Waals surface area contributed by atoms with Gasteiger partial charge in [-0.1, -0.05) is 34.8 Å². The minimum absolute atomic E-state index is 0.0627. The average Bonchev–Trinajstić information content (AvgIpc) is 2.41. The molecule has 0 bridgehead atoms. The normalized spacial score (nSPS) is 14.3. The fraction of sp³-hybridized carbons (Fsp3) is 0.111. The highest BCUT2D eigenvalue weighted by atomic mass is 35.5. The summed E-state index contributed by atoms with van der Waals surface area (Å²) in [5.74, 6) is -0.316. The van der Waals surface area contributed by atoms with Gasteiger partial charge >= 0.3 is 0 Å². The predicted octanol–water partition coefficient (Wildman–Crippen LogP) is 3.77. The van der Waals surface area contributed by atoms with Crippen molar-refractivity contribution in [1.82, 2.24) is 0 Å². The Kier molecular flexibility index (Phi) is 2.30. The summed E-state index contributed by atoms with van der Waals surface area (Å²) in [6.07, 6.45) is 0. The molecule has 0 aliphatic carbocycles. The molecule has 0 spiro atoms. The maximum atomic E-state index is 11.5. The van der Waals surface area contributed by atoms with Crippen molar-refractivity contribution in [1.29, 1.82) is 0 Å². The Morgan fingerprint density at radius 3 is 2.50 bits per heavy atom. The first kappa shape index (κ1) is 9.97. The number of nitrogens with zero attached hydrogens (tertiary/aromatic N) is 1. The Morgan fingerprint density at radius 1 is 1.21 bits per heavy atom. The van der Waals surface area contributed by atoms with Crippen LogP contribution in [-0.4, -0.2) is 11.0 Å². The highest BCUT2D eigenvalue weighted by Crippen LogP contribution is 2.40. The van der Waals surface area contributed by atoms with Crippen molar-refractivity contribution in [3.63, 3.8) is 0 Å². The zero-order valence-electron chi connectivity index (χ0n) is 7.07. The molecule has 5 heteroatoms. The number of benzene rings is 1. The molecule has 1 aliphatic heterocycles. The van der Waals surface area contributed by atoms with E-state index in [9.17, 15) is 4.79 Å². The monoisotopic (exact) mass is 247 g/mol. The number of aliphatic imine (C=N–C) groups is 1. The molecule has 0 atom stereocenters. The number of carbonyl (C=O) groups is 1. The van der Waals surface area contributed by atoms with Crippen molar-refractivity contribution in [2.75, 3.05) is 0 Å². The van der Waals surface area contributed by atoms with Gasteiger partial charge in [0.15, 0.2) is 5.17 Å². The molecular formula is C9H4Cl3NO. The lowest BCUT2D eigenvalue weighted by atomic mass is 10.1. The first-order valence-electron chi connectivity index (χ1n) is 3.80. The zero-order chi connectivity index (χ0) is 10.5. The Bertz CT molecular complexity index is 479. The van der Waals surface area contributed by atoms with Crippen LogP contribution in [-0.2, 0) is 0 Å². The third kappa shape index (κ3) is 1.26. The number of rotatable bonds is 0. The number of fused-ring (bicyclic) bond motifs is 1. The lowest BCUT2D eigenvalue weighted by molar-refractivity contribution is 0.107. The molecule has 1 heterocycles. The zero-order valence-corrected chi connectivity index (χ0v) is 9.33. The summed E-state index contributed by atoms with van der Waals surface area (Å²) in [6.45, 7) is 1.74. The van der Waals surface area contributed by atoms with Crippen LogP contribution in [0.25, 0.3) is 0 Å². The summed E-state index contributed by atoms with van der Waals surface area (Å²) in [5.41, 5.74) is 1.49. The summed E-state index contributed by atoms with van der Waals surface area (Å²) in [4.78, 5) is 15.4. The van der Waals surface area contributed by atoms with Gasteiger partial charge in [0.05, 0.1) is 16.3 Å².